The van der Waals surface area contributed by atoms with Gasteiger partial charge in [0.25, 0.3) is 5.91 Å². The van der Waals surface area contributed by atoms with Crippen LogP contribution in [0.2, 0.25) is 0 Å². The summed E-state index contributed by atoms with van der Waals surface area (Å²) in [6.07, 6.45) is 6.42. The van der Waals surface area contributed by atoms with E-state index < -0.39 is 0 Å². The van der Waals surface area contributed by atoms with Crippen LogP contribution in [0.3, 0.4) is 0 Å². The second-order valence-electron chi connectivity index (χ2n) is 8.31. The molecule has 0 aromatic carbocycles. The Hall–Kier alpha value is -2.41. The summed E-state index contributed by atoms with van der Waals surface area (Å²) in [4.78, 5) is 33.5. The number of carbonyl (C=O) groups is 2. The molecule has 28 heavy (non-hydrogen) atoms. The van der Waals surface area contributed by atoms with Crippen LogP contribution in [0.1, 0.15) is 49.5 Å². The van der Waals surface area contributed by atoms with Crippen LogP contribution in [0.5, 0.6) is 0 Å². The summed E-state index contributed by atoms with van der Waals surface area (Å²) in [5.41, 5.74) is 0.956. The van der Waals surface area contributed by atoms with Crippen molar-refractivity contribution in [1.82, 2.24) is 15.2 Å². The maximum Gasteiger partial charge on any atom is 0.270 e. The summed E-state index contributed by atoms with van der Waals surface area (Å²) < 4.78 is 5.91. The number of fused-ring (bicyclic) bond motifs is 4. The van der Waals surface area contributed by atoms with Crippen LogP contribution in [0.4, 0.5) is 5.88 Å². The predicted molar refractivity (Wildman–Crippen MR) is 105 cm³/mol. The molecule has 7 heteroatoms. The molecule has 4 fully saturated rings. The first-order valence-electron chi connectivity index (χ1n) is 10.3. The molecule has 1 N–H and O–H groups in total. The lowest BCUT2D eigenvalue weighted by molar-refractivity contribution is -0.119. The van der Waals surface area contributed by atoms with E-state index in [4.69, 9.17) is 4.42 Å². The summed E-state index contributed by atoms with van der Waals surface area (Å²) in [5.74, 6) is 1.03. The number of carbonyl (C=O) groups excluding carboxylic acids is 2. The number of anilines is 1. The summed E-state index contributed by atoms with van der Waals surface area (Å²) in [5, 5.41) is 4.02. The van der Waals surface area contributed by atoms with Gasteiger partial charge in [-0.3, -0.25) is 24.4 Å². The van der Waals surface area contributed by atoms with Gasteiger partial charge in [0.05, 0.1) is 0 Å². The number of rotatable bonds is 3. The zero-order valence-corrected chi connectivity index (χ0v) is 16.2. The largest absolute Gasteiger partial charge is 0.440 e. The summed E-state index contributed by atoms with van der Waals surface area (Å²) in [6.45, 7) is 5.14. The molecular weight excluding hydrogens is 356 g/mol. The third-order valence-corrected chi connectivity index (χ3v) is 6.69. The Kier molecular flexibility index (Phi) is 4.34. The molecule has 2 amide bonds. The molecule has 2 aromatic heterocycles. The molecule has 0 radical (unpaired) electrons. The Bertz CT molecular complexity index is 914. The molecule has 2 bridgehead atoms. The molecule has 7 nitrogen and oxygen atoms in total. The number of pyridine rings is 1. The van der Waals surface area contributed by atoms with Gasteiger partial charge in [-0.2, -0.15) is 0 Å². The summed E-state index contributed by atoms with van der Waals surface area (Å²) in [6, 6.07) is 4.06. The Morgan fingerprint density at radius 2 is 2.04 bits per heavy atom. The lowest BCUT2D eigenvalue weighted by atomic mass is 9.79. The summed E-state index contributed by atoms with van der Waals surface area (Å²) in [7, 11) is 0. The minimum absolute atomic E-state index is 0.0903. The maximum atomic E-state index is 12.8. The molecular formula is C21H26N4O3. The van der Waals surface area contributed by atoms with E-state index in [0.29, 0.717) is 42.1 Å². The molecule has 6 rings (SSSR count). The Balaban J connectivity index is 1.36. The molecule has 148 valence electrons. The molecule has 2 unspecified atom stereocenters. The van der Waals surface area contributed by atoms with E-state index in [9.17, 15) is 9.59 Å². The second kappa shape index (κ2) is 6.88. The van der Waals surface area contributed by atoms with Crippen LogP contribution in [-0.4, -0.2) is 53.4 Å². The number of hydrogen-bond donors (Lipinski definition) is 1. The first kappa shape index (κ1) is 17.7. The predicted octanol–water partition coefficient (Wildman–Crippen LogP) is 2.56. The molecule has 2 aromatic rings. The van der Waals surface area contributed by atoms with Crippen molar-refractivity contribution >= 4 is 28.7 Å². The number of nitrogens with zero attached hydrogens (tertiary/aromatic N) is 3. The van der Waals surface area contributed by atoms with Crippen molar-refractivity contribution in [2.75, 3.05) is 24.5 Å². The van der Waals surface area contributed by atoms with Crippen LogP contribution >= 0.6 is 0 Å². The lowest BCUT2D eigenvalue weighted by Crippen LogP contribution is -2.62. The third-order valence-electron chi connectivity index (χ3n) is 6.69. The zero-order chi connectivity index (χ0) is 19.3. The van der Waals surface area contributed by atoms with Crippen LogP contribution < -0.4 is 10.2 Å². The van der Waals surface area contributed by atoms with Crippen LogP contribution in [-0.2, 0) is 4.79 Å². The number of nitrogens with one attached hydrogen (secondary N) is 1. The van der Waals surface area contributed by atoms with Gasteiger partial charge in [0.2, 0.25) is 11.8 Å². The maximum absolute atomic E-state index is 12.8. The molecule has 4 saturated heterocycles. The Morgan fingerprint density at radius 1 is 1.21 bits per heavy atom. The van der Waals surface area contributed by atoms with Gasteiger partial charge in [0, 0.05) is 48.8 Å². The first-order chi connectivity index (χ1) is 13.6. The zero-order valence-electron chi connectivity index (χ0n) is 16.2. The monoisotopic (exact) mass is 382 g/mol. The van der Waals surface area contributed by atoms with Crippen molar-refractivity contribution in [3.05, 3.63) is 24.0 Å². The van der Waals surface area contributed by atoms with Gasteiger partial charge in [-0.25, -0.2) is 0 Å². The first-order valence-corrected chi connectivity index (χ1v) is 10.3. The van der Waals surface area contributed by atoms with Gasteiger partial charge in [-0.05, 0) is 51.6 Å². The molecule has 2 atom stereocenters. The minimum Gasteiger partial charge on any atom is -0.440 e. The van der Waals surface area contributed by atoms with Crippen molar-refractivity contribution < 1.29 is 14.0 Å². The number of furan rings is 1. The molecule has 0 saturated carbocycles. The number of hydrogen-bond acceptors (Lipinski definition) is 5. The molecule has 6 heterocycles. The highest BCUT2D eigenvalue weighted by molar-refractivity contribution is 5.98. The van der Waals surface area contributed by atoms with E-state index in [0.717, 1.165) is 44.2 Å². The fraction of sp³-hybridized carbons (Fsp3) is 0.571. The van der Waals surface area contributed by atoms with Gasteiger partial charge in [0.1, 0.15) is 11.3 Å². The Morgan fingerprint density at radius 3 is 2.79 bits per heavy atom. The number of amides is 2. The Labute approximate surface area is 164 Å². The fourth-order valence-electron chi connectivity index (χ4n) is 4.99. The van der Waals surface area contributed by atoms with Crippen LogP contribution in [0.15, 0.2) is 22.7 Å². The topological polar surface area (TPSA) is 78.7 Å². The van der Waals surface area contributed by atoms with E-state index in [1.165, 1.54) is 0 Å². The van der Waals surface area contributed by atoms with Crippen molar-refractivity contribution in [2.45, 2.75) is 51.1 Å². The van der Waals surface area contributed by atoms with Gasteiger partial charge < -0.3 is 9.73 Å². The van der Waals surface area contributed by atoms with E-state index >= 15 is 0 Å². The van der Waals surface area contributed by atoms with E-state index in [2.05, 4.69) is 22.1 Å². The van der Waals surface area contributed by atoms with E-state index in [1.54, 1.807) is 17.2 Å². The van der Waals surface area contributed by atoms with Gasteiger partial charge in [-0.1, -0.05) is 0 Å². The lowest BCUT2D eigenvalue weighted by Gasteiger charge is -2.49. The summed E-state index contributed by atoms with van der Waals surface area (Å²) >= 11 is 0. The highest BCUT2D eigenvalue weighted by Crippen LogP contribution is 2.32. The van der Waals surface area contributed by atoms with Crippen LogP contribution in [0.25, 0.3) is 11.0 Å². The van der Waals surface area contributed by atoms with Crippen molar-refractivity contribution in [1.29, 1.82) is 0 Å². The smallest absolute Gasteiger partial charge is 0.270 e. The highest BCUT2D eigenvalue weighted by atomic mass is 16.4. The molecule has 0 aliphatic carbocycles. The second-order valence-corrected chi connectivity index (χ2v) is 8.31. The van der Waals surface area contributed by atoms with E-state index in [1.807, 2.05) is 6.07 Å². The number of aromatic nitrogens is 1. The van der Waals surface area contributed by atoms with Gasteiger partial charge >= 0.3 is 0 Å². The van der Waals surface area contributed by atoms with Crippen molar-refractivity contribution in [3.63, 3.8) is 0 Å². The highest BCUT2D eigenvalue weighted by Gasteiger charge is 2.40. The molecule has 4 aliphatic rings. The molecule has 4 aliphatic heterocycles. The SMILES string of the molecule is CC1C(NC(=O)c2cc3oc(N4CCCCC4=O)cc3cn2)C2CCN1CC2. The minimum atomic E-state index is -0.153. The average Bonchev–Trinajstić information content (AvgIpc) is 3.14. The normalized spacial score (nSPS) is 30.0. The molecule has 0 spiro atoms. The van der Waals surface area contributed by atoms with Crippen LogP contribution in [0, 0.1) is 5.92 Å². The number of piperidine rings is 4. The standard InChI is InChI=1S/C21H26N4O3/c1-13-20(14-5-8-24(13)9-6-14)23-21(27)16-11-17-15(12-22-16)10-19(28-17)25-7-3-2-4-18(25)26/h10-14,20H,2-9H2,1H3,(H,23,27). The fourth-order valence-corrected chi connectivity index (χ4v) is 4.99. The van der Waals surface area contributed by atoms with Crippen molar-refractivity contribution in [2.24, 2.45) is 5.92 Å². The van der Waals surface area contributed by atoms with Gasteiger partial charge in [0.15, 0.2) is 0 Å². The quantitative estimate of drug-likeness (QED) is 0.883. The average molecular weight is 382 g/mol. The third kappa shape index (κ3) is 2.98. The van der Waals surface area contributed by atoms with Gasteiger partial charge in [-0.15, -0.1) is 0 Å². The van der Waals surface area contributed by atoms with E-state index in [-0.39, 0.29) is 17.9 Å². The van der Waals surface area contributed by atoms with Crippen molar-refractivity contribution in [3.8, 4) is 0 Å².